The fourth-order valence-electron chi connectivity index (χ4n) is 1.87. The van der Waals surface area contributed by atoms with Crippen LogP contribution in [0.1, 0.15) is 12.8 Å². The molecule has 1 saturated carbocycles. The summed E-state index contributed by atoms with van der Waals surface area (Å²) in [5.74, 6) is -0.416. The first-order chi connectivity index (χ1) is 7.70. The Bertz CT molecular complexity index is 210. The molecule has 1 aliphatic carbocycles. The molecule has 0 aromatic rings. The number of ether oxygens (including phenoxy) is 2. The van der Waals surface area contributed by atoms with Crippen molar-refractivity contribution in [3.63, 3.8) is 0 Å². The van der Waals surface area contributed by atoms with Gasteiger partial charge in [0.15, 0.2) is 0 Å². The van der Waals surface area contributed by atoms with Crippen molar-refractivity contribution in [1.82, 2.24) is 4.90 Å². The summed E-state index contributed by atoms with van der Waals surface area (Å²) in [6.07, 6.45) is 2.04. The summed E-state index contributed by atoms with van der Waals surface area (Å²) in [6, 6.07) is -0.370. The van der Waals surface area contributed by atoms with Crippen molar-refractivity contribution in [2.24, 2.45) is 5.92 Å². The average molecular weight is 231 g/mol. The van der Waals surface area contributed by atoms with E-state index < -0.39 is 5.97 Å². The van der Waals surface area contributed by atoms with Crippen LogP contribution in [0.3, 0.4) is 0 Å². The molecule has 5 nitrogen and oxygen atoms in total. The highest BCUT2D eigenvalue weighted by Crippen LogP contribution is 2.35. The number of carbonyl (C=O) groups is 1. The monoisotopic (exact) mass is 231 g/mol. The van der Waals surface area contributed by atoms with Crippen LogP contribution in [-0.2, 0) is 14.3 Å². The fraction of sp³-hybridized carbons (Fsp3) is 0.909. The first-order valence-electron chi connectivity index (χ1n) is 5.65. The van der Waals surface area contributed by atoms with E-state index in [1.54, 1.807) is 14.2 Å². The molecule has 16 heavy (non-hydrogen) atoms. The van der Waals surface area contributed by atoms with Crippen molar-refractivity contribution in [1.29, 1.82) is 0 Å². The minimum atomic E-state index is -0.727. The lowest BCUT2D eigenvalue weighted by molar-refractivity contribution is -0.144. The Kier molecular flexibility index (Phi) is 5.73. The lowest BCUT2D eigenvalue weighted by Crippen LogP contribution is -2.45. The standard InChI is InChI=1S/C11H21NO4/c1-15-7-5-12(6-8-16-2)10(11(13)14)9-3-4-9/h9-10H,3-8H2,1-2H3,(H,13,14). The van der Waals surface area contributed by atoms with Gasteiger partial charge in [0.05, 0.1) is 13.2 Å². The van der Waals surface area contributed by atoms with Crippen LogP contribution in [0.25, 0.3) is 0 Å². The minimum Gasteiger partial charge on any atom is -0.480 e. The van der Waals surface area contributed by atoms with Gasteiger partial charge in [-0.25, -0.2) is 0 Å². The molecule has 1 atom stereocenters. The minimum absolute atomic E-state index is 0.311. The van der Waals surface area contributed by atoms with E-state index in [4.69, 9.17) is 9.47 Å². The van der Waals surface area contributed by atoms with Crippen LogP contribution < -0.4 is 0 Å². The summed E-state index contributed by atoms with van der Waals surface area (Å²) in [6.45, 7) is 2.40. The molecule has 1 fully saturated rings. The lowest BCUT2D eigenvalue weighted by Gasteiger charge is -2.28. The SMILES string of the molecule is COCCN(CCOC)C(C(=O)O)C1CC1. The van der Waals surface area contributed by atoms with Crippen LogP contribution in [0.5, 0.6) is 0 Å². The number of rotatable bonds is 9. The lowest BCUT2D eigenvalue weighted by atomic mass is 10.1. The van der Waals surface area contributed by atoms with Crippen molar-refractivity contribution >= 4 is 5.97 Å². The molecule has 0 aromatic heterocycles. The molecule has 0 saturated heterocycles. The zero-order valence-corrected chi connectivity index (χ0v) is 10.0. The third kappa shape index (κ3) is 4.08. The van der Waals surface area contributed by atoms with Gasteiger partial charge in [-0.15, -0.1) is 0 Å². The number of carboxylic acids is 1. The zero-order chi connectivity index (χ0) is 12.0. The molecule has 0 heterocycles. The van der Waals surface area contributed by atoms with Crippen molar-refractivity contribution in [2.45, 2.75) is 18.9 Å². The summed E-state index contributed by atoms with van der Waals surface area (Å²) in [4.78, 5) is 13.2. The Morgan fingerprint density at radius 3 is 2.12 bits per heavy atom. The fourth-order valence-corrected chi connectivity index (χ4v) is 1.87. The van der Waals surface area contributed by atoms with Crippen LogP contribution in [0.2, 0.25) is 0 Å². The average Bonchev–Trinajstić information content (AvgIpc) is 3.05. The summed E-state index contributed by atoms with van der Waals surface area (Å²) >= 11 is 0. The molecular weight excluding hydrogens is 210 g/mol. The number of methoxy groups -OCH3 is 2. The van der Waals surface area contributed by atoms with E-state index in [1.165, 1.54) is 0 Å². The summed E-state index contributed by atoms with van der Waals surface area (Å²) in [5, 5.41) is 9.23. The molecule has 0 aromatic carbocycles. The molecule has 1 aliphatic rings. The molecule has 1 N–H and O–H groups in total. The van der Waals surface area contributed by atoms with E-state index in [2.05, 4.69) is 0 Å². The number of carboxylic acid groups (broad SMARTS) is 1. The van der Waals surface area contributed by atoms with Crippen LogP contribution in [0.4, 0.5) is 0 Å². The molecule has 0 bridgehead atoms. The Labute approximate surface area is 96.3 Å². The van der Waals surface area contributed by atoms with Crippen LogP contribution in [-0.4, -0.2) is 62.5 Å². The topological polar surface area (TPSA) is 59.0 Å². The Balaban J connectivity index is 2.51. The third-order valence-corrected chi connectivity index (χ3v) is 2.88. The maximum Gasteiger partial charge on any atom is 0.321 e. The second-order valence-corrected chi connectivity index (χ2v) is 4.14. The van der Waals surface area contributed by atoms with Gasteiger partial charge in [-0.1, -0.05) is 0 Å². The molecule has 5 heteroatoms. The van der Waals surface area contributed by atoms with Gasteiger partial charge in [0.2, 0.25) is 0 Å². The van der Waals surface area contributed by atoms with Gasteiger partial charge in [0.25, 0.3) is 0 Å². The third-order valence-electron chi connectivity index (χ3n) is 2.88. The van der Waals surface area contributed by atoms with E-state index in [-0.39, 0.29) is 6.04 Å². The van der Waals surface area contributed by atoms with E-state index in [0.29, 0.717) is 32.2 Å². The Morgan fingerprint density at radius 1 is 1.31 bits per heavy atom. The molecule has 1 rings (SSSR count). The predicted molar refractivity (Wildman–Crippen MR) is 59.5 cm³/mol. The predicted octanol–water partition coefficient (Wildman–Crippen LogP) is 0.444. The largest absolute Gasteiger partial charge is 0.480 e. The van der Waals surface area contributed by atoms with Gasteiger partial charge >= 0.3 is 5.97 Å². The van der Waals surface area contributed by atoms with E-state index in [9.17, 15) is 9.90 Å². The molecule has 0 radical (unpaired) electrons. The number of nitrogens with zero attached hydrogens (tertiary/aromatic N) is 1. The smallest absolute Gasteiger partial charge is 0.321 e. The van der Waals surface area contributed by atoms with Crippen molar-refractivity contribution in [3.05, 3.63) is 0 Å². The molecular formula is C11H21NO4. The van der Waals surface area contributed by atoms with E-state index in [0.717, 1.165) is 12.8 Å². The van der Waals surface area contributed by atoms with Crippen LogP contribution in [0.15, 0.2) is 0 Å². The van der Waals surface area contributed by atoms with Gasteiger partial charge in [-0.2, -0.15) is 0 Å². The van der Waals surface area contributed by atoms with Gasteiger partial charge in [0.1, 0.15) is 6.04 Å². The van der Waals surface area contributed by atoms with Gasteiger partial charge in [0, 0.05) is 27.3 Å². The number of hydrogen-bond acceptors (Lipinski definition) is 4. The number of hydrogen-bond donors (Lipinski definition) is 1. The maximum absolute atomic E-state index is 11.2. The summed E-state index contributed by atoms with van der Waals surface area (Å²) < 4.78 is 10.0. The summed E-state index contributed by atoms with van der Waals surface area (Å²) in [5.41, 5.74) is 0. The Hall–Kier alpha value is -0.650. The highest BCUT2D eigenvalue weighted by atomic mass is 16.5. The zero-order valence-electron chi connectivity index (χ0n) is 10.0. The first kappa shape index (κ1) is 13.4. The van der Waals surface area contributed by atoms with Gasteiger partial charge in [-0.3, -0.25) is 9.69 Å². The van der Waals surface area contributed by atoms with E-state index in [1.807, 2.05) is 4.90 Å². The van der Waals surface area contributed by atoms with Crippen LogP contribution in [0, 0.1) is 5.92 Å². The second-order valence-electron chi connectivity index (χ2n) is 4.14. The second kappa shape index (κ2) is 6.83. The molecule has 1 unspecified atom stereocenters. The van der Waals surface area contributed by atoms with Crippen molar-refractivity contribution in [2.75, 3.05) is 40.5 Å². The first-order valence-corrected chi connectivity index (χ1v) is 5.65. The van der Waals surface area contributed by atoms with Gasteiger partial charge < -0.3 is 14.6 Å². The van der Waals surface area contributed by atoms with Crippen molar-refractivity contribution in [3.8, 4) is 0 Å². The maximum atomic E-state index is 11.2. The summed E-state index contributed by atoms with van der Waals surface area (Å²) in [7, 11) is 3.25. The van der Waals surface area contributed by atoms with Crippen molar-refractivity contribution < 1.29 is 19.4 Å². The molecule has 94 valence electrons. The van der Waals surface area contributed by atoms with Gasteiger partial charge in [-0.05, 0) is 18.8 Å². The van der Waals surface area contributed by atoms with Crippen LogP contribution >= 0.6 is 0 Å². The number of aliphatic carboxylic acids is 1. The normalized spacial score (nSPS) is 17.7. The highest BCUT2D eigenvalue weighted by Gasteiger charge is 2.39. The molecule has 0 amide bonds. The van der Waals surface area contributed by atoms with E-state index >= 15 is 0 Å². The molecule has 0 spiro atoms. The molecule has 0 aliphatic heterocycles. The quantitative estimate of drug-likeness (QED) is 0.624. The Morgan fingerprint density at radius 2 is 1.81 bits per heavy atom. The highest BCUT2D eigenvalue weighted by molar-refractivity contribution is 5.74.